The Labute approximate surface area is 105 Å². The third kappa shape index (κ3) is 7.08. The molecule has 17 heavy (non-hydrogen) atoms. The lowest BCUT2D eigenvalue weighted by Gasteiger charge is -2.11. The molecule has 0 aliphatic rings. The van der Waals surface area contributed by atoms with Gasteiger partial charge < -0.3 is 10.1 Å². The number of nitrogens with one attached hydrogen (secondary N) is 1. The van der Waals surface area contributed by atoms with Crippen LogP contribution in [0.2, 0.25) is 0 Å². The molecule has 0 fully saturated rings. The summed E-state index contributed by atoms with van der Waals surface area (Å²) in [6.45, 7) is 7.88. The quantitative estimate of drug-likeness (QED) is 0.669. The first-order valence-electron chi connectivity index (χ1n) is 6.50. The molecule has 0 saturated carbocycles. The van der Waals surface area contributed by atoms with E-state index in [1.165, 1.54) is 18.4 Å². The minimum absolute atomic E-state index is 0.679. The fourth-order valence-electron chi connectivity index (χ4n) is 1.74. The highest BCUT2D eigenvalue weighted by Gasteiger charge is 1.99. The van der Waals surface area contributed by atoms with Gasteiger partial charge in [-0.15, -0.1) is 0 Å². The highest BCUT2D eigenvalue weighted by molar-refractivity contribution is 5.07. The number of aromatic nitrogens is 1. The molecule has 0 bridgehead atoms. The SMILES string of the molecule is CCCC(C)COCCNCc1cccnc1. The summed E-state index contributed by atoms with van der Waals surface area (Å²) in [7, 11) is 0. The van der Waals surface area contributed by atoms with Crippen LogP contribution in [0, 0.1) is 5.92 Å². The molecule has 96 valence electrons. The summed E-state index contributed by atoms with van der Waals surface area (Å²) in [6, 6.07) is 4.03. The molecule has 3 heteroatoms. The molecule has 0 aromatic carbocycles. The zero-order valence-electron chi connectivity index (χ0n) is 11.0. The molecule has 0 saturated heterocycles. The van der Waals surface area contributed by atoms with E-state index in [0.717, 1.165) is 26.3 Å². The summed E-state index contributed by atoms with van der Waals surface area (Å²) in [5, 5.41) is 3.34. The van der Waals surface area contributed by atoms with E-state index in [4.69, 9.17) is 4.74 Å². The molecule has 1 aromatic heterocycles. The number of pyridine rings is 1. The third-order valence-corrected chi connectivity index (χ3v) is 2.66. The molecule has 0 amide bonds. The van der Waals surface area contributed by atoms with Crippen LogP contribution < -0.4 is 5.32 Å². The van der Waals surface area contributed by atoms with Crippen molar-refractivity contribution in [1.82, 2.24) is 10.3 Å². The second-order valence-electron chi connectivity index (χ2n) is 4.51. The van der Waals surface area contributed by atoms with Crippen LogP contribution in [0.1, 0.15) is 32.3 Å². The van der Waals surface area contributed by atoms with Crippen LogP contribution in [0.5, 0.6) is 0 Å². The van der Waals surface area contributed by atoms with E-state index in [2.05, 4.69) is 30.2 Å². The van der Waals surface area contributed by atoms with E-state index in [0.29, 0.717) is 5.92 Å². The Hall–Kier alpha value is -0.930. The van der Waals surface area contributed by atoms with Gasteiger partial charge in [-0.1, -0.05) is 26.3 Å². The zero-order chi connectivity index (χ0) is 12.3. The Morgan fingerprint density at radius 3 is 3.06 bits per heavy atom. The van der Waals surface area contributed by atoms with E-state index in [9.17, 15) is 0 Å². The first-order chi connectivity index (χ1) is 8.33. The van der Waals surface area contributed by atoms with Crippen molar-refractivity contribution in [2.24, 2.45) is 5.92 Å². The third-order valence-electron chi connectivity index (χ3n) is 2.66. The van der Waals surface area contributed by atoms with Crippen LogP contribution in [-0.2, 0) is 11.3 Å². The van der Waals surface area contributed by atoms with Crippen molar-refractivity contribution in [3.8, 4) is 0 Å². The van der Waals surface area contributed by atoms with Crippen LogP contribution >= 0.6 is 0 Å². The molecule has 1 aromatic rings. The van der Waals surface area contributed by atoms with Gasteiger partial charge in [-0.2, -0.15) is 0 Å². The van der Waals surface area contributed by atoms with Gasteiger partial charge in [0.25, 0.3) is 0 Å². The predicted molar refractivity (Wildman–Crippen MR) is 70.8 cm³/mol. The number of hydrogen-bond acceptors (Lipinski definition) is 3. The molecule has 0 spiro atoms. The van der Waals surface area contributed by atoms with Gasteiger partial charge >= 0.3 is 0 Å². The maximum Gasteiger partial charge on any atom is 0.0591 e. The second kappa shape index (κ2) is 9.14. The van der Waals surface area contributed by atoms with Gasteiger partial charge in [-0.05, 0) is 24.0 Å². The average molecular weight is 236 g/mol. The Kier molecular flexibility index (Phi) is 7.60. The van der Waals surface area contributed by atoms with E-state index in [1.807, 2.05) is 12.3 Å². The van der Waals surface area contributed by atoms with Gasteiger partial charge in [0.05, 0.1) is 6.61 Å². The normalized spacial score (nSPS) is 12.6. The van der Waals surface area contributed by atoms with Gasteiger partial charge in [-0.25, -0.2) is 0 Å². The number of rotatable bonds is 9. The summed E-state index contributed by atoms with van der Waals surface area (Å²) < 4.78 is 5.61. The molecule has 3 nitrogen and oxygen atoms in total. The maximum atomic E-state index is 5.61. The van der Waals surface area contributed by atoms with Crippen molar-refractivity contribution in [3.05, 3.63) is 30.1 Å². The van der Waals surface area contributed by atoms with Crippen molar-refractivity contribution in [1.29, 1.82) is 0 Å². The topological polar surface area (TPSA) is 34.1 Å². The minimum Gasteiger partial charge on any atom is -0.380 e. The molecule has 1 rings (SSSR count). The van der Waals surface area contributed by atoms with Crippen molar-refractivity contribution in [2.75, 3.05) is 19.8 Å². The number of ether oxygens (including phenoxy) is 1. The molecule has 1 N–H and O–H groups in total. The molecule has 1 heterocycles. The molecule has 0 radical (unpaired) electrons. The molecule has 1 atom stereocenters. The Bertz CT molecular complexity index is 277. The van der Waals surface area contributed by atoms with Gasteiger partial charge in [0.2, 0.25) is 0 Å². The minimum atomic E-state index is 0.679. The fraction of sp³-hybridized carbons (Fsp3) is 0.643. The highest BCUT2D eigenvalue weighted by atomic mass is 16.5. The van der Waals surface area contributed by atoms with Crippen molar-refractivity contribution < 1.29 is 4.74 Å². The lowest BCUT2D eigenvalue weighted by Crippen LogP contribution is -2.20. The van der Waals surface area contributed by atoms with E-state index >= 15 is 0 Å². The van der Waals surface area contributed by atoms with Crippen molar-refractivity contribution in [3.63, 3.8) is 0 Å². The van der Waals surface area contributed by atoms with Crippen molar-refractivity contribution >= 4 is 0 Å². The van der Waals surface area contributed by atoms with Crippen molar-refractivity contribution in [2.45, 2.75) is 33.2 Å². The van der Waals surface area contributed by atoms with Crippen LogP contribution in [-0.4, -0.2) is 24.7 Å². The molecule has 0 aliphatic heterocycles. The lowest BCUT2D eigenvalue weighted by atomic mass is 10.1. The standard InChI is InChI=1S/C14H24N2O/c1-3-5-13(2)12-17-9-8-16-11-14-6-4-7-15-10-14/h4,6-7,10,13,16H,3,5,8-9,11-12H2,1-2H3. The van der Waals surface area contributed by atoms with Gasteiger partial charge in [0.1, 0.15) is 0 Å². The van der Waals surface area contributed by atoms with Crippen LogP contribution in [0.25, 0.3) is 0 Å². The fourth-order valence-corrected chi connectivity index (χ4v) is 1.74. The summed E-state index contributed by atoms with van der Waals surface area (Å²) in [5.41, 5.74) is 1.21. The van der Waals surface area contributed by atoms with E-state index < -0.39 is 0 Å². The summed E-state index contributed by atoms with van der Waals surface area (Å²) in [5.74, 6) is 0.679. The summed E-state index contributed by atoms with van der Waals surface area (Å²) in [6.07, 6.45) is 6.17. The van der Waals surface area contributed by atoms with Crippen LogP contribution in [0.15, 0.2) is 24.5 Å². The molecular weight excluding hydrogens is 212 g/mol. The Balaban J connectivity index is 1.95. The average Bonchev–Trinajstić information content (AvgIpc) is 2.35. The van der Waals surface area contributed by atoms with Gasteiger partial charge in [0, 0.05) is 32.1 Å². The monoisotopic (exact) mass is 236 g/mol. The highest BCUT2D eigenvalue weighted by Crippen LogP contribution is 2.04. The Morgan fingerprint density at radius 1 is 1.47 bits per heavy atom. The largest absolute Gasteiger partial charge is 0.380 e. The predicted octanol–water partition coefficient (Wildman–Crippen LogP) is 2.62. The maximum absolute atomic E-state index is 5.61. The number of hydrogen-bond donors (Lipinski definition) is 1. The smallest absolute Gasteiger partial charge is 0.0591 e. The summed E-state index contributed by atoms with van der Waals surface area (Å²) in [4.78, 5) is 4.07. The molecule has 0 aliphatic carbocycles. The summed E-state index contributed by atoms with van der Waals surface area (Å²) >= 11 is 0. The molecular formula is C14H24N2O. The second-order valence-corrected chi connectivity index (χ2v) is 4.51. The van der Waals surface area contributed by atoms with Crippen LogP contribution in [0.4, 0.5) is 0 Å². The first-order valence-corrected chi connectivity index (χ1v) is 6.50. The number of nitrogens with zero attached hydrogens (tertiary/aromatic N) is 1. The van der Waals surface area contributed by atoms with Gasteiger partial charge in [0.15, 0.2) is 0 Å². The van der Waals surface area contributed by atoms with E-state index in [1.54, 1.807) is 6.20 Å². The first kappa shape index (κ1) is 14.1. The van der Waals surface area contributed by atoms with E-state index in [-0.39, 0.29) is 0 Å². The van der Waals surface area contributed by atoms with Gasteiger partial charge in [-0.3, -0.25) is 4.98 Å². The lowest BCUT2D eigenvalue weighted by molar-refractivity contribution is 0.103. The zero-order valence-corrected chi connectivity index (χ0v) is 11.0. The van der Waals surface area contributed by atoms with Crippen LogP contribution in [0.3, 0.4) is 0 Å². The Morgan fingerprint density at radius 2 is 2.35 bits per heavy atom. The molecule has 1 unspecified atom stereocenters.